The van der Waals surface area contributed by atoms with Crippen molar-refractivity contribution in [3.8, 4) is 22.3 Å². The second-order valence-electron chi connectivity index (χ2n) is 7.19. The van der Waals surface area contributed by atoms with Crippen LogP contribution in [0.1, 0.15) is 18.5 Å². The van der Waals surface area contributed by atoms with Gasteiger partial charge < -0.3 is 10.3 Å². The van der Waals surface area contributed by atoms with E-state index in [-0.39, 0.29) is 24.4 Å². The summed E-state index contributed by atoms with van der Waals surface area (Å²) in [5.41, 5.74) is 1.09. The van der Waals surface area contributed by atoms with Crippen molar-refractivity contribution in [2.75, 3.05) is 5.32 Å². The van der Waals surface area contributed by atoms with E-state index in [4.69, 9.17) is 0 Å². The first-order valence-electron chi connectivity index (χ1n) is 9.25. The van der Waals surface area contributed by atoms with Gasteiger partial charge in [0.2, 0.25) is 5.91 Å². The van der Waals surface area contributed by atoms with Gasteiger partial charge in [-0.15, -0.1) is 0 Å². The van der Waals surface area contributed by atoms with Gasteiger partial charge in [0.1, 0.15) is 5.65 Å². The van der Waals surface area contributed by atoms with Gasteiger partial charge in [0.15, 0.2) is 11.5 Å². The molecule has 0 unspecified atom stereocenters. The molecule has 0 radical (unpaired) electrons. The number of aromatic nitrogens is 6. The number of hydrogen-bond donors (Lipinski definition) is 2. The Labute approximate surface area is 167 Å². The topological polar surface area (TPSA) is 93.4 Å². The lowest BCUT2D eigenvalue weighted by Gasteiger charge is -2.07. The number of anilines is 1. The molecule has 1 amide bonds. The third kappa shape index (κ3) is 3.02. The predicted molar refractivity (Wildman–Crippen MR) is 102 cm³/mol. The van der Waals surface area contributed by atoms with Crippen LogP contribution in [0.3, 0.4) is 0 Å². The first-order valence-corrected chi connectivity index (χ1v) is 9.25. The van der Waals surface area contributed by atoms with Crippen LogP contribution in [0.2, 0.25) is 0 Å². The highest BCUT2D eigenvalue weighted by Crippen LogP contribution is 2.40. The molecular formula is C19H16F3N7O. The number of carbonyl (C=O) groups excluding carboxylic acids is 1. The Morgan fingerprint density at radius 1 is 1.13 bits per heavy atom. The minimum atomic E-state index is -4.61. The largest absolute Gasteiger partial charge is 0.435 e. The third-order valence-electron chi connectivity index (χ3n) is 5.04. The Bertz CT molecular complexity index is 1280. The van der Waals surface area contributed by atoms with Gasteiger partial charge in [-0.05, 0) is 12.5 Å². The molecule has 4 aromatic rings. The second kappa shape index (κ2) is 6.44. The van der Waals surface area contributed by atoms with Gasteiger partial charge in [0.25, 0.3) is 0 Å². The Morgan fingerprint density at radius 2 is 1.97 bits per heavy atom. The fourth-order valence-electron chi connectivity index (χ4n) is 3.70. The molecule has 5 heterocycles. The Kier molecular flexibility index (Phi) is 3.95. The number of pyridine rings is 1. The lowest BCUT2D eigenvalue weighted by atomic mass is 10.0. The number of aromatic amines is 1. The number of nitrogens with one attached hydrogen (secondary N) is 2. The normalized spacial score (nSPS) is 14.6. The van der Waals surface area contributed by atoms with Gasteiger partial charge in [0.05, 0.1) is 0 Å². The lowest BCUT2D eigenvalue weighted by Crippen LogP contribution is -2.14. The van der Waals surface area contributed by atoms with Crippen molar-refractivity contribution in [2.24, 2.45) is 7.05 Å². The lowest BCUT2D eigenvalue weighted by molar-refractivity contribution is -0.141. The summed E-state index contributed by atoms with van der Waals surface area (Å²) in [6.45, 7) is 0.178. The number of carbonyl (C=O) groups is 1. The van der Waals surface area contributed by atoms with Crippen LogP contribution in [-0.4, -0.2) is 35.4 Å². The zero-order valence-corrected chi connectivity index (χ0v) is 15.8. The fraction of sp³-hybridized carbons (Fsp3) is 0.263. The van der Waals surface area contributed by atoms with Gasteiger partial charge in [-0.2, -0.15) is 23.4 Å². The number of halogens is 3. The van der Waals surface area contributed by atoms with Crippen LogP contribution in [0, 0.1) is 0 Å². The van der Waals surface area contributed by atoms with Crippen molar-refractivity contribution in [3.63, 3.8) is 0 Å². The van der Waals surface area contributed by atoms with E-state index >= 15 is 0 Å². The van der Waals surface area contributed by atoms with Crippen LogP contribution in [0.4, 0.5) is 19.0 Å². The van der Waals surface area contributed by atoms with Crippen LogP contribution in [0.25, 0.3) is 33.3 Å². The van der Waals surface area contributed by atoms with Crippen molar-refractivity contribution in [3.05, 3.63) is 36.5 Å². The molecule has 4 aromatic heterocycles. The minimum Gasteiger partial charge on any atom is -0.346 e. The highest BCUT2D eigenvalue weighted by atomic mass is 19.4. The maximum Gasteiger partial charge on any atom is 0.435 e. The van der Waals surface area contributed by atoms with Gasteiger partial charge in [-0.3, -0.25) is 14.2 Å². The predicted octanol–water partition coefficient (Wildman–Crippen LogP) is 3.58. The maximum absolute atomic E-state index is 13.7. The number of fused-ring (bicyclic) bond motifs is 6. The van der Waals surface area contributed by atoms with E-state index in [9.17, 15) is 18.0 Å². The van der Waals surface area contributed by atoms with E-state index in [1.807, 2.05) is 0 Å². The third-order valence-corrected chi connectivity index (χ3v) is 5.04. The summed E-state index contributed by atoms with van der Waals surface area (Å²) in [5.74, 6) is 0.110. The number of alkyl halides is 3. The Balaban J connectivity index is 1.78. The summed E-state index contributed by atoms with van der Waals surface area (Å²) in [5, 5.41) is 11.4. The van der Waals surface area contributed by atoms with Crippen LogP contribution in [0.5, 0.6) is 0 Å². The number of hydrogen-bond acceptors (Lipinski definition) is 4. The number of rotatable bonds is 0. The van der Waals surface area contributed by atoms with Crippen molar-refractivity contribution in [1.82, 2.24) is 29.5 Å². The molecule has 154 valence electrons. The molecule has 0 aromatic carbocycles. The maximum atomic E-state index is 13.7. The molecule has 30 heavy (non-hydrogen) atoms. The van der Waals surface area contributed by atoms with Crippen molar-refractivity contribution in [2.45, 2.75) is 25.6 Å². The first kappa shape index (κ1) is 18.4. The smallest absolute Gasteiger partial charge is 0.346 e. The molecule has 0 saturated carbocycles. The standard InChI is InChI=1S/C19H16F3N7O/c1-28-8-13-10-5-11-12(7-24-17(11)23-6-10)14-9-29(26-16(14)19(20,21)22)4-2-3-15(30)25-18(13)27-28/h5-9H,2-4H2,1H3,(H,23,24)(H,25,27,30). The van der Waals surface area contributed by atoms with Gasteiger partial charge >= 0.3 is 6.18 Å². The highest BCUT2D eigenvalue weighted by Gasteiger charge is 2.38. The fourth-order valence-corrected chi connectivity index (χ4v) is 3.70. The summed E-state index contributed by atoms with van der Waals surface area (Å²) in [6.07, 6.45) is 2.05. The molecule has 0 spiro atoms. The van der Waals surface area contributed by atoms with E-state index < -0.39 is 11.9 Å². The average Bonchev–Trinajstić information content (AvgIpc) is 3.36. The summed E-state index contributed by atoms with van der Waals surface area (Å²) >= 11 is 0. The minimum absolute atomic E-state index is 0.0272. The van der Waals surface area contributed by atoms with E-state index in [0.29, 0.717) is 40.0 Å². The summed E-state index contributed by atoms with van der Waals surface area (Å²) in [7, 11) is 1.73. The quantitative estimate of drug-likeness (QED) is 0.459. The second-order valence-corrected chi connectivity index (χ2v) is 7.19. The number of amides is 1. The van der Waals surface area contributed by atoms with Crippen LogP contribution >= 0.6 is 0 Å². The summed E-state index contributed by atoms with van der Waals surface area (Å²) < 4.78 is 43.8. The number of aryl methyl sites for hydroxylation is 2. The van der Waals surface area contributed by atoms with E-state index in [1.165, 1.54) is 17.1 Å². The molecule has 1 aliphatic rings. The molecule has 0 fully saturated rings. The molecule has 0 aliphatic carbocycles. The van der Waals surface area contributed by atoms with E-state index in [0.717, 1.165) is 0 Å². The monoisotopic (exact) mass is 415 g/mol. The molecular weight excluding hydrogens is 399 g/mol. The van der Waals surface area contributed by atoms with Gasteiger partial charge in [-0.25, -0.2) is 4.98 Å². The molecule has 5 rings (SSSR count). The zero-order chi connectivity index (χ0) is 21.0. The van der Waals surface area contributed by atoms with Crippen molar-refractivity contribution < 1.29 is 18.0 Å². The molecule has 4 bridgehead atoms. The van der Waals surface area contributed by atoms with Crippen LogP contribution < -0.4 is 5.32 Å². The van der Waals surface area contributed by atoms with Crippen molar-refractivity contribution >= 4 is 22.8 Å². The molecule has 0 saturated heterocycles. The van der Waals surface area contributed by atoms with Gasteiger partial charge in [0, 0.05) is 72.4 Å². The summed E-state index contributed by atoms with van der Waals surface area (Å²) in [4.78, 5) is 19.6. The number of nitrogens with zero attached hydrogens (tertiary/aromatic N) is 5. The van der Waals surface area contributed by atoms with Crippen LogP contribution in [-0.2, 0) is 24.6 Å². The molecule has 0 atom stereocenters. The number of H-pyrrole nitrogens is 1. The Hall–Kier alpha value is -3.63. The highest BCUT2D eigenvalue weighted by molar-refractivity contribution is 5.98. The van der Waals surface area contributed by atoms with Crippen LogP contribution in [0.15, 0.2) is 30.9 Å². The summed E-state index contributed by atoms with van der Waals surface area (Å²) in [6, 6.07) is 1.74. The molecule has 8 nitrogen and oxygen atoms in total. The van der Waals surface area contributed by atoms with Crippen molar-refractivity contribution in [1.29, 1.82) is 0 Å². The molecule has 1 aliphatic heterocycles. The average molecular weight is 415 g/mol. The SMILES string of the molecule is Cn1cc2c(n1)NC(=O)CCCn1cc(c(C(F)(F)F)n1)-c1c[nH]c3ncc-2cc13. The van der Waals surface area contributed by atoms with E-state index in [1.54, 1.807) is 30.2 Å². The first-order chi connectivity index (χ1) is 14.3. The molecule has 11 heteroatoms. The Morgan fingerprint density at radius 3 is 2.77 bits per heavy atom. The molecule has 2 N–H and O–H groups in total. The zero-order valence-electron chi connectivity index (χ0n) is 15.8. The van der Waals surface area contributed by atoms with E-state index in [2.05, 4.69) is 25.5 Å². The van der Waals surface area contributed by atoms with Gasteiger partial charge in [-0.1, -0.05) is 0 Å².